The van der Waals surface area contributed by atoms with Gasteiger partial charge in [-0.3, -0.25) is 0 Å². The van der Waals surface area contributed by atoms with E-state index in [2.05, 4.69) is 53.0 Å². The smallest absolute Gasteiger partial charge is 0.318 e. The number of anilines is 1. The number of fused-ring (bicyclic) bond motifs is 5. The second-order valence-electron chi connectivity index (χ2n) is 9.85. The molecule has 0 spiro atoms. The topological polar surface area (TPSA) is 67.9 Å². The van der Waals surface area contributed by atoms with Gasteiger partial charge in [-0.1, -0.05) is 25.0 Å². The fourth-order valence-corrected chi connectivity index (χ4v) is 5.81. The molecule has 2 aromatic heterocycles. The van der Waals surface area contributed by atoms with Gasteiger partial charge in [0, 0.05) is 24.9 Å². The number of aromatic nitrogens is 4. The third-order valence-electron chi connectivity index (χ3n) is 7.66. The van der Waals surface area contributed by atoms with Gasteiger partial charge in [-0.15, -0.1) is 5.10 Å². The van der Waals surface area contributed by atoms with E-state index in [1.807, 2.05) is 6.07 Å². The maximum Gasteiger partial charge on any atom is 0.318 e. The van der Waals surface area contributed by atoms with E-state index < -0.39 is 11.6 Å². The monoisotopic (exact) mass is 439 g/mol. The van der Waals surface area contributed by atoms with Crippen LogP contribution in [0.3, 0.4) is 0 Å². The van der Waals surface area contributed by atoms with Crippen molar-refractivity contribution in [3.05, 3.63) is 53.0 Å². The van der Waals surface area contributed by atoms with Gasteiger partial charge in [0.15, 0.2) is 0 Å². The van der Waals surface area contributed by atoms with E-state index in [4.69, 9.17) is 4.42 Å². The maximum atomic E-state index is 14.4. The lowest BCUT2D eigenvalue weighted by Gasteiger charge is -2.42. The first kappa shape index (κ1) is 21.0. The highest BCUT2D eigenvalue weighted by atomic mass is 19.1. The number of hydrogen-bond donors (Lipinski definition) is 0. The zero-order valence-electron chi connectivity index (χ0n) is 19.0. The molecule has 0 unspecified atom stereocenters. The molecule has 1 saturated carbocycles. The Balaban J connectivity index is 1.61. The maximum absolute atomic E-state index is 14.4. The summed E-state index contributed by atoms with van der Waals surface area (Å²) in [5.74, 6) is -0.502. The lowest BCUT2D eigenvalue weighted by Crippen LogP contribution is -2.49. The molecule has 5 rings (SSSR count). The molecule has 6 nitrogen and oxygen atoms in total. The summed E-state index contributed by atoms with van der Waals surface area (Å²) in [5, 5.41) is 17.2. The molecule has 168 valence electrons. The van der Waals surface area contributed by atoms with Gasteiger partial charge >= 0.3 is 6.01 Å². The normalized spacial score (nSPS) is 23.1. The van der Waals surface area contributed by atoms with Crippen LogP contribution in [0.4, 0.5) is 14.8 Å². The van der Waals surface area contributed by atoms with Crippen LogP contribution in [0.15, 0.2) is 28.7 Å². The Morgan fingerprint density at radius 3 is 2.47 bits per heavy atom. The van der Waals surface area contributed by atoms with Gasteiger partial charge in [0.05, 0.1) is 17.0 Å². The molecular formula is C24H27F2N5O. The molecule has 1 fully saturated rings. The molecule has 8 heteroatoms. The fourth-order valence-electron chi connectivity index (χ4n) is 5.81. The first-order chi connectivity index (χ1) is 15.2. The van der Waals surface area contributed by atoms with Gasteiger partial charge in [0.2, 0.25) is 5.89 Å². The van der Waals surface area contributed by atoms with Crippen LogP contribution in [-0.4, -0.2) is 33.0 Å². The number of halogens is 2. The van der Waals surface area contributed by atoms with Gasteiger partial charge in [-0.2, -0.15) is 10.2 Å². The van der Waals surface area contributed by atoms with Crippen molar-refractivity contribution in [3.63, 3.8) is 0 Å². The molecule has 2 aliphatic rings. The predicted octanol–water partition coefficient (Wildman–Crippen LogP) is 5.18. The average molecular weight is 440 g/mol. The number of aryl methyl sites for hydroxylation is 1. The van der Waals surface area contributed by atoms with E-state index in [1.54, 1.807) is 6.92 Å². The third-order valence-corrected chi connectivity index (χ3v) is 7.66. The summed E-state index contributed by atoms with van der Waals surface area (Å²) < 4.78 is 34.6. The molecule has 0 amide bonds. The first-order valence-corrected chi connectivity index (χ1v) is 11.0. The lowest BCUT2D eigenvalue weighted by molar-refractivity contribution is 0.203. The zero-order chi connectivity index (χ0) is 22.8. The van der Waals surface area contributed by atoms with Crippen LogP contribution in [0.5, 0.6) is 0 Å². The van der Waals surface area contributed by atoms with E-state index in [9.17, 15) is 8.78 Å². The Labute approximate surface area is 186 Å². The van der Waals surface area contributed by atoms with Crippen molar-refractivity contribution in [1.29, 1.82) is 0 Å². The quantitative estimate of drug-likeness (QED) is 0.545. The van der Waals surface area contributed by atoms with Crippen molar-refractivity contribution in [3.8, 4) is 11.3 Å². The Hall–Kier alpha value is -2.90. The van der Waals surface area contributed by atoms with Gasteiger partial charge in [0.25, 0.3) is 0 Å². The SMILES string of the molecule is Cc1nnc(N(C[C@@]23CC[C@@H](c4cc(-c5c(F)cccc5F)nnc42)C3(C)C)C(C)C)o1. The molecule has 0 aliphatic heterocycles. The van der Waals surface area contributed by atoms with Gasteiger partial charge in [0.1, 0.15) is 11.6 Å². The second kappa shape index (κ2) is 7.05. The van der Waals surface area contributed by atoms with E-state index in [0.717, 1.165) is 24.1 Å². The van der Waals surface area contributed by atoms with Crippen LogP contribution in [-0.2, 0) is 5.41 Å². The average Bonchev–Trinajstić information content (AvgIpc) is 3.32. The van der Waals surface area contributed by atoms with Crippen molar-refractivity contribution in [2.75, 3.05) is 11.4 Å². The molecule has 32 heavy (non-hydrogen) atoms. The van der Waals surface area contributed by atoms with Gasteiger partial charge in [-0.25, -0.2) is 8.78 Å². The summed E-state index contributed by atoms with van der Waals surface area (Å²) in [5.41, 5.74) is 1.69. The zero-order valence-corrected chi connectivity index (χ0v) is 19.0. The molecule has 1 aromatic carbocycles. The van der Waals surface area contributed by atoms with E-state index in [1.165, 1.54) is 18.2 Å². The van der Waals surface area contributed by atoms with Crippen LogP contribution >= 0.6 is 0 Å². The molecule has 0 radical (unpaired) electrons. The number of hydrogen-bond acceptors (Lipinski definition) is 6. The minimum absolute atomic E-state index is 0.112. The van der Waals surface area contributed by atoms with Crippen LogP contribution in [0, 0.1) is 24.0 Å². The van der Waals surface area contributed by atoms with Crippen molar-refractivity contribution < 1.29 is 13.2 Å². The first-order valence-electron chi connectivity index (χ1n) is 11.0. The summed E-state index contributed by atoms with van der Waals surface area (Å²) in [7, 11) is 0. The van der Waals surface area contributed by atoms with Crippen molar-refractivity contribution in [2.24, 2.45) is 5.41 Å². The van der Waals surface area contributed by atoms with Crippen LogP contribution in [0.25, 0.3) is 11.3 Å². The van der Waals surface area contributed by atoms with Crippen LogP contribution in [0.1, 0.15) is 63.6 Å². The number of rotatable bonds is 5. The summed E-state index contributed by atoms with van der Waals surface area (Å²) in [4.78, 5) is 2.13. The van der Waals surface area contributed by atoms with Gasteiger partial charge in [-0.05, 0) is 61.8 Å². The Kier molecular flexibility index (Phi) is 4.62. The van der Waals surface area contributed by atoms with Crippen molar-refractivity contribution in [2.45, 2.75) is 64.8 Å². The molecular weight excluding hydrogens is 412 g/mol. The Bertz CT molecular complexity index is 1170. The van der Waals surface area contributed by atoms with E-state index >= 15 is 0 Å². The van der Waals surface area contributed by atoms with E-state index in [-0.39, 0.29) is 34.0 Å². The largest absolute Gasteiger partial charge is 0.408 e. The minimum atomic E-state index is -0.630. The van der Waals surface area contributed by atoms with Crippen LogP contribution in [0.2, 0.25) is 0 Å². The molecule has 3 aromatic rings. The van der Waals surface area contributed by atoms with Gasteiger partial charge < -0.3 is 9.32 Å². The highest BCUT2D eigenvalue weighted by Gasteiger charge is 2.64. The summed E-state index contributed by atoms with van der Waals surface area (Å²) in [6, 6.07) is 6.33. The lowest BCUT2D eigenvalue weighted by atomic mass is 9.68. The number of benzene rings is 1. The highest BCUT2D eigenvalue weighted by Crippen LogP contribution is 2.67. The summed E-state index contributed by atoms with van der Waals surface area (Å²) >= 11 is 0. The molecule has 2 bridgehead atoms. The molecule has 0 saturated heterocycles. The molecule has 2 heterocycles. The Morgan fingerprint density at radius 1 is 1.12 bits per heavy atom. The minimum Gasteiger partial charge on any atom is -0.408 e. The number of nitrogens with zero attached hydrogens (tertiary/aromatic N) is 5. The third kappa shape index (κ3) is 2.81. The highest BCUT2D eigenvalue weighted by molar-refractivity contribution is 5.63. The summed E-state index contributed by atoms with van der Waals surface area (Å²) in [6.07, 6.45) is 1.94. The van der Waals surface area contributed by atoms with Crippen LogP contribution < -0.4 is 4.90 Å². The molecule has 0 N–H and O–H groups in total. The molecule has 2 atom stereocenters. The van der Waals surface area contributed by atoms with E-state index in [0.29, 0.717) is 18.5 Å². The molecule has 2 aliphatic carbocycles. The Morgan fingerprint density at radius 2 is 1.84 bits per heavy atom. The van der Waals surface area contributed by atoms with Crippen molar-refractivity contribution in [1.82, 2.24) is 20.4 Å². The standard InChI is InChI=1S/C24H27F2N5O/c1-13(2)31(22-30-27-14(3)32-22)12-24-10-9-16(23(24,4)5)15-11-19(28-29-21(15)24)20-17(25)7-6-8-18(20)26/h6-8,11,13,16H,9-10,12H2,1-5H3/t16-,24-/m0/s1. The summed E-state index contributed by atoms with van der Waals surface area (Å²) in [6.45, 7) is 11.1. The second-order valence-corrected chi connectivity index (χ2v) is 9.85. The fraction of sp³-hybridized carbons (Fsp3) is 0.500. The van der Waals surface area contributed by atoms with Crippen molar-refractivity contribution >= 4 is 6.01 Å². The predicted molar refractivity (Wildman–Crippen MR) is 116 cm³/mol.